The van der Waals surface area contributed by atoms with Gasteiger partial charge < -0.3 is 10.5 Å². The fourth-order valence-electron chi connectivity index (χ4n) is 1.84. The lowest BCUT2D eigenvalue weighted by Crippen LogP contribution is -2.07. The first-order valence-electron chi connectivity index (χ1n) is 5.54. The van der Waals surface area contributed by atoms with Gasteiger partial charge in [-0.05, 0) is 24.6 Å². The van der Waals surface area contributed by atoms with Gasteiger partial charge in [0.25, 0.3) is 0 Å². The van der Waals surface area contributed by atoms with Crippen molar-refractivity contribution in [1.29, 1.82) is 0 Å². The lowest BCUT2D eigenvalue weighted by Gasteiger charge is -2.12. The van der Waals surface area contributed by atoms with Crippen LogP contribution in [-0.4, -0.2) is 16.9 Å². The molecular formula is C13H18ClN3O. The van der Waals surface area contributed by atoms with Crippen LogP contribution in [0.15, 0.2) is 30.6 Å². The molecule has 1 atom stereocenters. The number of methoxy groups -OCH3 is 1. The van der Waals surface area contributed by atoms with Crippen molar-refractivity contribution in [3.8, 4) is 16.9 Å². The van der Waals surface area contributed by atoms with E-state index in [1.807, 2.05) is 38.5 Å². The fraction of sp³-hybridized carbons (Fsp3) is 0.308. The zero-order valence-corrected chi connectivity index (χ0v) is 11.6. The molecule has 1 aromatic heterocycles. The van der Waals surface area contributed by atoms with Crippen molar-refractivity contribution in [3.63, 3.8) is 0 Å². The molecule has 2 rings (SSSR count). The van der Waals surface area contributed by atoms with Crippen molar-refractivity contribution in [1.82, 2.24) is 9.78 Å². The summed E-state index contributed by atoms with van der Waals surface area (Å²) in [5.74, 6) is 0.827. The molecule has 0 saturated heterocycles. The SMILES string of the molecule is COc1ccc(-c2cnn(C)c2)cc1[C@@H](C)N.Cl. The van der Waals surface area contributed by atoms with E-state index >= 15 is 0 Å². The maximum absolute atomic E-state index is 5.94. The fourth-order valence-corrected chi connectivity index (χ4v) is 1.84. The second kappa shape index (κ2) is 5.89. The van der Waals surface area contributed by atoms with Crippen molar-refractivity contribution in [2.75, 3.05) is 7.11 Å². The number of ether oxygens (including phenoxy) is 1. The van der Waals surface area contributed by atoms with Crippen molar-refractivity contribution in [3.05, 3.63) is 36.2 Å². The van der Waals surface area contributed by atoms with E-state index < -0.39 is 0 Å². The molecule has 0 aliphatic rings. The minimum absolute atomic E-state index is 0. The van der Waals surface area contributed by atoms with Gasteiger partial charge in [-0.3, -0.25) is 4.68 Å². The Morgan fingerprint density at radius 2 is 2.06 bits per heavy atom. The first-order valence-corrected chi connectivity index (χ1v) is 5.54. The Morgan fingerprint density at radius 1 is 1.33 bits per heavy atom. The molecule has 18 heavy (non-hydrogen) atoms. The molecule has 2 N–H and O–H groups in total. The highest BCUT2D eigenvalue weighted by molar-refractivity contribution is 5.85. The van der Waals surface area contributed by atoms with Gasteiger partial charge in [-0.2, -0.15) is 5.10 Å². The molecule has 0 fully saturated rings. The normalized spacial score (nSPS) is 11.8. The summed E-state index contributed by atoms with van der Waals surface area (Å²) in [6, 6.07) is 5.96. The van der Waals surface area contributed by atoms with Crippen LogP contribution in [0.3, 0.4) is 0 Å². The van der Waals surface area contributed by atoms with E-state index in [4.69, 9.17) is 10.5 Å². The van der Waals surface area contributed by atoms with Gasteiger partial charge in [-0.1, -0.05) is 6.07 Å². The Balaban J connectivity index is 0.00000162. The summed E-state index contributed by atoms with van der Waals surface area (Å²) in [5.41, 5.74) is 9.13. The van der Waals surface area contributed by atoms with Crippen LogP contribution in [0, 0.1) is 0 Å². The van der Waals surface area contributed by atoms with Gasteiger partial charge >= 0.3 is 0 Å². The molecule has 0 amide bonds. The third-order valence-electron chi connectivity index (χ3n) is 2.76. The minimum Gasteiger partial charge on any atom is -0.496 e. The molecule has 98 valence electrons. The molecule has 0 bridgehead atoms. The van der Waals surface area contributed by atoms with Gasteiger partial charge in [0.15, 0.2) is 0 Å². The highest BCUT2D eigenvalue weighted by Crippen LogP contribution is 2.29. The average Bonchev–Trinajstić information content (AvgIpc) is 2.75. The molecule has 2 aromatic rings. The van der Waals surface area contributed by atoms with Gasteiger partial charge in [-0.15, -0.1) is 12.4 Å². The summed E-state index contributed by atoms with van der Waals surface area (Å²) in [6.07, 6.45) is 3.82. The quantitative estimate of drug-likeness (QED) is 0.930. The van der Waals surface area contributed by atoms with Gasteiger partial charge in [0, 0.05) is 30.4 Å². The number of halogens is 1. The third kappa shape index (κ3) is 2.83. The number of nitrogens with two attached hydrogens (primary N) is 1. The molecule has 0 aliphatic heterocycles. The largest absolute Gasteiger partial charge is 0.496 e. The van der Waals surface area contributed by atoms with Crippen molar-refractivity contribution < 1.29 is 4.74 Å². The minimum atomic E-state index is -0.0541. The summed E-state index contributed by atoms with van der Waals surface area (Å²) >= 11 is 0. The number of hydrogen-bond acceptors (Lipinski definition) is 3. The van der Waals surface area contributed by atoms with E-state index in [-0.39, 0.29) is 18.4 Å². The Morgan fingerprint density at radius 3 is 2.56 bits per heavy atom. The monoisotopic (exact) mass is 267 g/mol. The zero-order chi connectivity index (χ0) is 12.4. The van der Waals surface area contributed by atoms with Crippen LogP contribution in [0.2, 0.25) is 0 Å². The Labute approximate surface area is 113 Å². The Kier molecular flexibility index (Phi) is 4.76. The van der Waals surface area contributed by atoms with Gasteiger partial charge in [0.05, 0.1) is 13.3 Å². The number of aryl methyl sites for hydroxylation is 1. The summed E-state index contributed by atoms with van der Waals surface area (Å²) < 4.78 is 7.08. The van der Waals surface area contributed by atoms with E-state index in [2.05, 4.69) is 11.2 Å². The maximum Gasteiger partial charge on any atom is 0.123 e. The number of rotatable bonds is 3. The van der Waals surface area contributed by atoms with E-state index in [9.17, 15) is 0 Å². The first-order chi connectivity index (χ1) is 8.11. The highest BCUT2D eigenvalue weighted by atomic mass is 35.5. The van der Waals surface area contributed by atoms with Gasteiger partial charge in [-0.25, -0.2) is 0 Å². The smallest absolute Gasteiger partial charge is 0.123 e. The molecule has 4 nitrogen and oxygen atoms in total. The number of nitrogens with zero attached hydrogens (tertiary/aromatic N) is 2. The summed E-state index contributed by atoms with van der Waals surface area (Å²) in [4.78, 5) is 0. The highest BCUT2D eigenvalue weighted by Gasteiger charge is 2.10. The third-order valence-corrected chi connectivity index (χ3v) is 2.76. The summed E-state index contributed by atoms with van der Waals surface area (Å²) in [7, 11) is 3.56. The second-order valence-electron chi connectivity index (χ2n) is 4.15. The Hall–Kier alpha value is -1.52. The van der Waals surface area contributed by atoms with Gasteiger partial charge in [0.2, 0.25) is 0 Å². The van der Waals surface area contributed by atoms with E-state index in [1.165, 1.54) is 0 Å². The molecule has 0 spiro atoms. The number of aromatic nitrogens is 2. The van der Waals surface area contributed by atoms with Crippen LogP contribution < -0.4 is 10.5 Å². The van der Waals surface area contributed by atoms with Gasteiger partial charge in [0.1, 0.15) is 5.75 Å². The predicted molar refractivity (Wildman–Crippen MR) is 75.0 cm³/mol. The molecule has 1 aromatic carbocycles. The topological polar surface area (TPSA) is 53.1 Å². The van der Waals surface area contributed by atoms with Crippen LogP contribution in [0.1, 0.15) is 18.5 Å². The molecule has 0 radical (unpaired) electrons. The molecule has 0 aliphatic carbocycles. The summed E-state index contributed by atoms with van der Waals surface area (Å²) in [6.45, 7) is 1.95. The standard InChI is InChI=1S/C13H17N3O.ClH/c1-9(14)12-6-10(4-5-13(12)17-3)11-7-15-16(2)8-11;/h4-9H,14H2,1-3H3;1H/t9-;/m1./s1. The van der Waals surface area contributed by atoms with Crippen molar-refractivity contribution >= 4 is 12.4 Å². The van der Waals surface area contributed by atoms with E-state index in [1.54, 1.807) is 11.8 Å². The van der Waals surface area contributed by atoms with E-state index in [0.717, 1.165) is 22.4 Å². The number of benzene rings is 1. The molecule has 1 heterocycles. The molecular weight excluding hydrogens is 250 g/mol. The lowest BCUT2D eigenvalue weighted by atomic mass is 10.0. The Bertz CT molecular complexity index is 523. The first kappa shape index (κ1) is 14.5. The number of hydrogen-bond donors (Lipinski definition) is 1. The predicted octanol–water partition coefficient (Wildman–Crippen LogP) is 2.54. The van der Waals surface area contributed by atoms with Crippen LogP contribution in [0.4, 0.5) is 0 Å². The van der Waals surface area contributed by atoms with E-state index in [0.29, 0.717) is 0 Å². The van der Waals surface area contributed by atoms with Crippen LogP contribution in [-0.2, 0) is 7.05 Å². The van der Waals surface area contributed by atoms with Crippen LogP contribution in [0.5, 0.6) is 5.75 Å². The van der Waals surface area contributed by atoms with Crippen LogP contribution >= 0.6 is 12.4 Å². The second-order valence-corrected chi connectivity index (χ2v) is 4.15. The zero-order valence-electron chi connectivity index (χ0n) is 10.8. The molecule has 0 saturated carbocycles. The lowest BCUT2D eigenvalue weighted by molar-refractivity contribution is 0.407. The molecule has 5 heteroatoms. The molecule has 0 unspecified atom stereocenters. The summed E-state index contributed by atoms with van der Waals surface area (Å²) in [5, 5.41) is 4.16. The van der Waals surface area contributed by atoms with Crippen LogP contribution in [0.25, 0.3) is 11.1 Å². The average molecular weight is 268 g/mol. The van der Waals surface area contributed by atoms with Crippen molar-refractivity contribution in [2.45, 2.75) is 13.0 Å². The maximum atomic E-state index is 5.94. The van der Waals surface area contributed by atoms with Crippen molar-refractivity contribution in [2.24, 2.45) is 12.8 Å².